The van der Waals surface area contributed by atoms with Gasteiger partial charge in [-0.15, -0.1) is 0 Å². The average Bonchev–Trinajstić information content (AvgIpc) is 2.67. The number of nitrogens with two attached hydrogens (primary N) is 1. The van der Waals surface area contributed by atoms with E-state index < -0.39 is 0 Å². The largest absolute Gasteiger partial charge is 0.349 e. The van der Waals surface area contributed by atoms with Gasteiger partial charge in [0.15, 0.2) is 0 Å². The molecule has 2 rings (SSSR count). The highest BCUT2D eigenvalue weighted by Crippen LogP contribution is 2.19. The van der Waals surface area contributed by atoms with E-state index in [4.69, 9.17) is 5.84 Å². The fraction of sp³-hybridized carbons (Fsp3) is 0.533. The first-order chi connectivity index (χ1) is 9.20. The van der Waals surface area contributed by atoms with Gasteiger partial charge in [-0.25, -0.2) is 0 Å². The van der Waals surface area contributed by atoms with Crippen LogP contribution in [0.2, 0.25) is 0 Å². The first-order valence-electron chi connectivity index (χ1n) is 7.09. The normalized spacial score (nSPS) is 16.7. The number of carbonyl (C=O) groups is 1. The maximum atomic E-state index is 12.2. The van der Waals surface area contributed by atoms with Crippen LogP contribution in [0.1, 0.15) is 54.4 Å². The number of amides is 1. The fourth-order valence-electron chi connectivity index (χ4n) is 2.66. The zero-order valence-electron chi connectivity index (χ0n) is 11.5. The number of nitrogen functional groups attached to an aromatic ring is 1. The number of benzene rings is 1. The van der Waals surface area contributed by atoms with Crippen molar-refractivity contribution in [2.45, 2.75) is 51.5 Å². The molecule has 1 aliphatic rings. The van der Waals surface area contributed by atoms with Gasteiger partial charge in [-0.05, 0) is 43.5 Å². The first kappa shape index (κ1) is 13.9. The standard InChI is InChI=1S/C15H23N3O/c1-11-10-12(8-9-14(11)18-16)15(19)17-13-6-4-2-3-5-7-13/h8-10,13,18H,2-7,16H2,1H3,(H,17,19). The number of rotatable bonds is 3. The summed E-state index contributed by atoms with van der Waals surface area (Å²) in [5, 5.41) is 3.15. The second-order valence-corrected chi connectivity index (χ2v) is 5.34. The zero-order valence-corrected chi connectivity index (χ0v) is 11.5. The third-order valence-electron chi connectivity index (χ3n) is 3.83. The Morgan fingerprint density at radius 3 is 2.47 bits per heavy atom. The first-order valence-corrected chi connectivity index (χ1v) is 7.09. The molecule has 0 aromatic heterocycles. The molecule has 19 heavy (non-hydrogen) atoms. The van der Waals surface area contributed by atoms with Gasteiger partial charge >= 0.3 is 0 Å². The van der Waals surface area contributed by atoms with Crippen molar-refractivity contribution in [2.75, 3.05) is 5.43 Å². The van der Waals surface area contributed by atoms with Crippen molar-refractivity contribution in [2.24, 2.45) is 5.84 Å². The Hall–Kier alpha value is -1.55. The minimum atomic E-state index is 0.0265. The maximum absolute atomic E-state index is 12.2. The molecule has 1 fully saturated rings. The smallest absolute Gasteiger partial charge is 0.251 e. The van der Waals surface area contributed by atoms with E-state index in [1.54, 1.807) is 0 Å². The van der Waals surface area contributed by atoms with Gasteiger partial charge in [-0.1, -0.05) is 25.7 Å². The molecule has 1 aromatic carbocycles. The van der Waals surface area contributed by atoms with Crippen LogP contribution in [0.3, 0.4) is 0 Å². The van der Waals surface area contributed by atoms with Crippen LogP contribution in [0.25, 0.3) is 0 Å². The molecule has 0 spiro atoms. The summed E-state index contributed by atoms with van der Waals surface area (Å²) in [6.07, 6.45) is 7.24. The minimum absolute atomic E-state index is 0.0265. The van der Waals surface area contributed by atoms with Gasteiger partial charge in [0.1, 0.15) is 0 Å². The van der Waals surface area contributed by atoms with Crippen molar-refractivity contribution in [3.05, 3.63) is 29.3 Å². The van der Waals surface area contributed by atoms with E-state index >= 15 is 0 Å². The highest BCUT2D eigenvalue weighted by atomic mass is 16.1. The Morgan fingerprint density at radius 2 is 1.89 bits per heavy atom. The lowest BCUT2D eigenvalue weighted by Gasteiger charge is -2.16. The highest BCUT2D eigenvalue weighted by molar-refractivity contribution is 5.95. The van der Waals surface area contributed by atoms with Gasteiger partial charge in [0.05, 0.1) is 5.69 Å². The Balaban J connectivity index is 2.00. The van der Waals surface area contributed by atoms with Crippen LogP contribution in [0.5, 0.6) is 0 Å². The van der Waals surface area contributed by atoms with Crippen molar-refractivity contribution in [1.29, 1.82) is 0 Å². The molecular weight excluding hydrogens is 238 g/mol. The van der Waals surface area contributed by atoms with Gasteiger partial charge in [0, 0.05) is 11.6 Å². The van der Waals surface area contributed by atoms with E-state index in [0.29, 0.717) is 11.6 Å². The SMILES string of the molecule is Cc1cc(C(=O)NC2CCCCCC2)ccc1NN. The summed E-state index contributed by atoms with van der Waals surface area (Å²) in [7, 11) is 0. The summed E-state index contributed by atoms with van der Waals surface area (Å²) in [5.41, 5.74) is 5.16. The molecule has 4 heteroatoms. The predicted molar refractivity (Wildman–Crippen MR) is 77.9 cm³/mol. The topological polar surface area (TPSA) is 67.2 Å². The van der Waals surface area contributed by atoms with E-state index in [2.05, 4.69) is 10.7 Å². The number of nitrogens with one attached hydrogen (secondary N) is 2. The monoisotopic (exact) mass is 261 g/mol. The molecule has 1 aromatic rings. The van der Waals surface area contributed by atoms with Gasteiger partial charge in [0.25, 0.3) is 5.91 Å². The maximum Gasteiger partial charge on any atom is 0.251 e. The number of anilines is 1. The molecule has 0 unspecified atom stereocenters. The van der Waals surface area contributed by atoms with E-state index in [1.807, 2.05) is 25.1 Å². The summed E-state index contributed by atoms with van der Waals surface area (Å²) >= 11 is 0. The third-order valence-corrected chi connectivity index (χ3v) is 3.83. The van der Waals surface area contributed by atoms with Crippen LogP contribution < -0.4 is 16.6 Å². The minimum Gasteiger partial charge on any atom is -0.349 e. The van der Waals surface area contributed by atoms with Crippen molar-refractivity contribution in [1.82, 2.24) is 5.32 Å². The van der Waals surface area contributed by atoms with Crippen molar-refractivity contribution < 1.29 is 4.79 Å². The molecule has 1 amide bonds. The predicted octanol–water partition coefficient (Wildman–Crippen LogP) is 2.73. The highest BCUT2D eigenvalue weighted by Gasteiger charge is 2.16. The van der Waals surface area contributed by atoms with Gasteiger partial charge in [-0.3, -0.25) is 10.6 Å². The Labute approximate surface area is 114 Å². The number of aryl methyl sites for hydroxylation is 1. The molecule has 0 bridgehead atoms. The molecular formula is C15H23N3O. The number of hydrogen-bond donors (Lipinski definition) is 3. The lowest BCUT2D eigenvalue weighted by molar-refractivity contribution is 0.0933. The fourth-order valence-corrected chi connectivity index (χ4v) is 2.66. The summed E-state index contributed by atoms with van der Waals surface area (Å²) in [4.78, 5) is 12.2. The Bertz CT molecular complexity index is 437. The molecule has 104 valence electrons. The molecule has 0 saturated heterocycles. The van der Waals surface area contributed by atoms with Crippen LogP contribution in [-0.4, -0.2) is 11.9 Å². The quantitative estimate of drug-likeness (QED) is 0.445. The van der Waals surface area contributed by atoms with Crippen LogP contribution in [0.15, 0.2) is 18.2 Å². The summed E-state index contributed by atoms with van der Waals surface area (Å²) in [5.74, 6) is 5.42. The third kappa shape index (κ3) is 3.70. The molecule has 0 atom stereocenters. The second-order valence-electron chi connectivity index (χ2n) is 5.34. The Morgan fingerprint density at radius 1 is 1.21 bits per heavy atom. The number of carbonyl (C=O) groups excluding carboxylic acids is 1. The second kappa shape index (κ2) is 6.57. The van der Waals surface area contributed by atoms with E-state index in [1.165, 1.54) is 25.7 Å². The molecule has 0 heterocycles. The average molecular weight is 261 g/mol. The molecule has 0 radical (unpaired) electrons. The van der Waals surface area contributed by atoms with Crippen LogP contribution in [-0.2, 0) is 0 Å². The van der Waals surface area contributed by atoms with Crippen molar-refractivity contribution in [3.63, 3.8) is 0 Å². The van der Waals surface area contributed by atoms with Gasteiger partial charge in [0.2, 0.25) is 0 Å². The van der Waals surface area contributed by atoms with Gasteiger partial charge in [-0.2, -0.15) is 0 Å². The van der Waals surface area contributed by atoms with E-state index in [0.717, 1.165) is 24.1 Å². The summed E-state index contributed by atoms with van der Waals surface area (Å²) in [6.45, 7) is 1.94. The van der Waals surface area contributed by atoms with Crippen molar-refractivity contribution in [3.8, 4) is 0 Å². The molecule has 4 N–H and O–H groups in total. The molecule has 1 aliphatic carbocycles. The van der Waals surface area contributed by atoms with Crippen molar-refractivity contribution >= 4 is 11.6 Å². The lowest BCUT2D eigenvalue weighted by Crippen LogP contribution is -2.34. The molecule has 1 saturated carbocycles. The van der Waals surface area contributed by atoms with E-state index in [9.17, 15) is 4.79 Å². The summed E-state index contributed by atoms with van der Waals surface area (Å²) in [6, 6.07) is 5.87. The number of hydrazine groups is 1. The Kier molecular flexibility index (Phi) is 4.80. The van der Waals surface area contributed by atoms with Crippen LogP contribution in [0.4, 0.5) is 5.69 Å². The van der Waals surface area contributed by atoms with Crippen LogP contribution >= 0.6 is 0 Å². The molecule has 4 nitrogen and oxygen atoms in total. The lowest BCUT2D eigenvalue weighted by atomic mass is 10.1. The summed E-state index contributed by atoms with van der Waals surface area (Å²) < 4.78 is 0. The van der Waals surface area contributed by atoms with Gasteiger partial charge < -0.3 is 10.7 Å². The molecule has 0 aliphatic heterocycles. The number of hydrogen-bond acceptors (Lipinski definition) is 3. The van der Waals surface area contributed by atoms with Crippen LogP contribution in [0, 0.1) is 6.92 Å². The van der Waals surface area contributed by atoms with E-state index in [-0.39, 0.29) is 5.91 Å². The zero-order chi connectivity index (χ0) is 13.7.